The van der Waals surface area contributed by atoms with Gasteiger partial charge in [0.2, 0.25) is 5.91 Å². The van der Waals surface area contributed by atoms with Gasteiger partial charge in [0.25, 0.3) is 0 Å². The molecule has 1 aromatic carbocycles. The fourth-order valence-electron chi connectivity index (χ4n) is 1.38. The maximum atomic E-state index is 10.6. The van der Waals surface area contributed by atoms with Crippen LogP contribution in [0.25, 0.3) is 0 Å². The molecule has 0 atom stereocenters. The average Bonchev–Trinajstić information content (AvgIpc) is 2.34. The van der Waals surface area contributed by atoms with Crippen molar-refractivity contribution in [2.45, 2.75) is 12.8 Å². The van der Waals surface area contributed by atoms with Gasteiger partial charge >= 0.3 is 0 Å². The Hall–Kier alpha value is -2.22. The molecular weight excluding hydrogens is 218 g/mol. The van der Waals surface area contributed by atoms with Gasteiger partial charge in [-0.25, -0.2) is 0 Å². The van der Waals surface area contributed by atoms with Gasteiger partial charge in [0.1, 0.15) is 11.8 Å². The van der Waals surface area contributed by atoms with E-state index in [1.54, 1.807) is 25.3 Å². The molecule has 0 saturated carbocycles. The number of rotatable bonds is 6. The van der Waals surface area contributed by atoms with E-state index in [1.165, 1.54) is 0 Å². The first-order chi connectivity index (χ1) is 8.17. The van der Waals surface area contributed by atoms with E-state index in [4.69, 9.17) is 15.7 Å². The van der Waals surface area contributed by atoms with Crippen LogP contribution >= 0.6 is 0 Å². The summed E-state index contributed by atoms with van der Waals surface area (Å²) in [6.07, 6.45) is 0.969. The van der Waals surface area contributed by atoms with Crippen molar-refractivity contribution in [2.24, 2.45) is 5.73 Å². The molecule has 5 heteroatoms. The van der Waals surface area contributed by atoms with Crippen LogP contribution in [0.1, 0.15) is 18.4 Å². The zero-order valence-electron chi connectivity index (χ0n) is 9.69. The summed E-state index contributed by atoms with van der Waals surface area (Å²) in [4.78, 5) is 10.6. The summed E-state index contributed by atoms with van der Waals surface area (Å²) in [6, 6.07) is 7.26. The van der Waals surface area contributed by atoms with Crippen molar-refractivity contribution in [1.82, 2.24) is 0 Å². The summed E-state index contributed by atoms with van der Waals surface area (Å²) in [6.45, 7) is 0.588. The molecule has 0 aliphatic heterocycles. The third kappa shape index (κ3) is 4.03. The van der Waals surface area contributed by atoms with E-state index in [0.29, 0.717) is 36.4 Å². The van der Waals surface area contributed by atoms with E-state index < -0.39 is 0 Å². The topological polar surface area (TPSA) is 88.1 Å². The molecule has 0 spiro atoms. The number of hydrogen-bond acceptors (Lipinski definition) is 4. The van der Waals surface area contributed by atoms with Gasteiger partial charge in [-0.1, -0.05) is 0 Å². The molecule has 3 N–H and O–H groups in total. The molecule has 0 aliphatic rings. The molecule has 0 heterocycles. The van der Waals surface area contributed by atoms with Gasteiger partial charge in [-0.3, -0.25) is 4.79 Å². The van der Waals surface area contributed by atoms with E-state index in [9.17, 15) is 4.79 Å². The fourth-order valence-corrected chi connectivity index (χ4v) is 1.38. The number of carbonyl (C=O) groups is 1. The average molecular weight is 233 g/mol. The second-order valence-electron chi connectivity index (χ2n) is 3.52. The third-order valence-corrected chi connectivity index (χ3v) is 2.26. The predicted molar refractivity (Wildman–Crippen MR) is 64.6 cm³/mol. The zero-order chi connectivity index (χ0) is 12.7. The zero-order valence-corrected chi connectivity index (χ0v) is 9.69. The van der Waals surface area contributed by atoms with Crippen molar-refractivity contribution in [3.63, 3.8) is 0 Å². The number of primary amides is 1. The van der Waals surface area contributed by atoms with Gasteiger partial charge in [0.05, 0.1) is 18.4 Å². The first kappa shape index (κ1) is 12.8. The molecule has 0 saturated heterocycles. The minimum absolute atomic E-state index is 0.321. The second-order valence-corrected chi connectivity index (χ2v) is 3.52. The Morgan fingerprint density at radius 2 is 2.35 bits per heavy atom. The molecule has 1 aromatic rings. The number of nitrogens with two attached hydrogens (primary N) is 1. The number of nitriles is 1. The standard InChI is InChI=1S/C12H15N3O2/c1-17-10-5-4-9(8-13)11(7-10)15-6-2-3-12(14)16/h4-5,7,15H,2-3,6H2,1H3,(H2,14,16). The van der Waals surface area contributed by atoms with Crippen LogP contribution in [-0.2, 0) is 4.79 Å². The molecule has 17 heavy (non-hydrogen) atoms. The number of carbonyl (C=O) groups excluding carboxylic acids is 1. The van der Waals surface area contributed by atoms with Gasteiger partial charge in [0.15, 0.2) is 0 Å². The van der Waals surface area contributed by atoms with Crippen LogP contribution in [0.2, 0.25) is 0 Å². The molecule has 90 valence electrons. The van der Waals surface area contributed by atoms with Crippen molar-refractivity contribution in [3.05, 3.63) is 23.8 Å². The van der Waals surface area contributed by atoms with Crippen LogP contribution in [0.15, 0.2) is 18.2 Å². The van der Waals surface area contributed by atoms with Gasteiger partial charge in [0, 0.05) is 19.0 Å². The molecule has 5 nitrogen and oxygen atoms in total. The van der Waals surface area contributed by atoms with Crippen LogP contribution in [0.3, 0.4) is 0 Å². The summed E-state index contributed by atoms with van der Waals surface area (Å²) in [5, 5.41) is 12.0. The highest BCUT2D eigenvalue weighted by molar-refractivity contribution is 5.73. The lowest BCUT2D eigenvalue weighted by atomic mass is 10.2. The highest BCUT2D eigenvalue weighted by Crippen LogP contribution is 2.21. The van der Waals surface area contributed by atoms with Crippen LogP contribution in [-0.4, -0.2) is 19.6 Å². The maximum absolute atomic E-state index is 10.6. The van der Waals surface area contributed by atoms with E-state index in [-0.39, 0.29) is 5.91 Å². The lowest BCUT2D eigenvalue weighted by Crippen LogP contribution is -2.13. The molecule has 1 amide bonds. The first-order valence-electron chi connectivity index (χ1n) is 5.27. The molecule has 1 rings (SSSR count). The monoisotopic (exact) mass is 233 g/mol. The van der Waals surface area contributed by atoms with Gasteiger partial charge in [-0.15, -0.1) is 0 Å². The molecule has 0 bridgehead atoms. The molecular formula is C12H15N3O2. The number of benzene rings is 1. The molecule has 0 unspecified atom stereocenters. The van der Waals surface area contributed by atoms with Gasteiger partial charge in [-0.2, -0.15) is 5.26 Å². The van der Waals surface area contributed by atoms with E-state index in [2.05, 4.69) is 11.4 Å². The third-order valence-electron chi connectivity index (χ3n) is 2.26. The number of amides is 1. The van der Waals surface area contributed by atoms with Crippen molar-refractivity contribution >= 4 is 11.6 Å². The Labute approximate surface area is 100 Å². The molecule has 0 aromatic heterocycles. The van der Waals surface area contributed by atoms with Gasteiger partial charge < -0.3 is 15.8 Å². The smallest absolute Gasteiger partial charge is 0.217 e. The maximum Gasteiger partial charge on any atom is 0.217 e. The van der Waals surface area contributed by atoms with E-state index >= 15 is 0 Å². The van der Waals surface area contributed by atoms with Gasteiger partial charge in [-0.05, 0) is 18.6 Å². The number of hydrogen-bond donors (Lipinski definition) is 2. The Balaban J connectivity index is 2.62. The predicted octanol–water partition coefficient (Wildman–Crippen LogP) is 1.24. The molecule has 0 aliphatic carbocycles. The Kier molecular flexibility index (Phi) is 4.82. The number of anilines is 1. The first-order valence-corrected chi connectivity index (χ1v) is 5.27. The van der Waals surface area contributed by atoms with E-state index in [1.807, 2.05) is 0 Å². The number of nitrogens with one attached hydrogen (secondary N) is 1. The van der Waals surface area contributed by atoms with Crippen LogP contribution < -0.4 is 15.8 Å². The minimum Gasteiger partial charge on any atom is -0.497 e. The largest absolute Gasteiger partial charge is 0.497 e. The van der Waals surface area contributed by atoms with Crippen LogP contribution in [0, 0.1) is 11.3 Å². The SMILES string of the molecule is COc1ccc(C#N)c(NCCCC(N)=O)c1. The number of methoxy groups -OCH3 is 1. The van der Waals surface area contributed by atoms with Crippen LogP contribution in [0.5, 0.6) is 5.75 Å². The summed E-state index contributed by atoms with van der Waals surface area (Å²) >= 11 is 0. The lowest BCUT2D eigenvalue weighted by molar-refractivity contribution is -0.118. The Morgan fingerprint density at radius 3 is 2.94 bits per heavy atom. The molecule has 0 fully saturated rings. The summed E-state index contributed by atoms with van der Waals surface area (Å²) in [5.41, 5.74) is 6.29. The highest BCUT2D eigenvalue weighted by atomic mass is 16.5. The Morgan fingerprint density at radius 1 is 1.59 bits per heavy atom. The highest BCUT2D eigenvalue weighted by Gasteiger charge is 2.03. The normalized spacial score (nSPS) is 9.41. The van der Waals surface area contributed by atoms with Crippen molar-refractivity contribution < 1.29 is 9.53 Å². The lowest BCUT2D eigenvalue weighted by Gasteiger charge is -2.09. The second kappa shape index (κ2) is 6.38. The van der Waals surface area contributed by atoms with E-state index in [0.717, 1.165) is 0 Å². The summed E-state index contributed by atoms with van der Waals surface area (Å²) < 4.78 is 5.08. The van der Waals surface area contributed by atoms with Crippen molar-refractivity contribution in [2.75, 3.05) is 19.0 Å². The number of nitrogens with zero attached hydrogens (tertiary/aromatic N) is 1. The Bertz CT molecular complexity index is 438. The summed E-state index contributed by atoms with van der Waals surface area (Å²) in [5.74, 6) is 0.361. The molecule has 0 radical (unpaired) electrons. The quantitative estimate of drug-likeness (QED) is 0.723. The van der Waals surface area contributed by atoms with Crippen LogP contribution in [0.4, 0.5) is 5.69 Å². The fraction of sp³-hybridized carbons (Fsp3) is 0.333. The van der Waals surface area contributed by atoms with Crippen molar-refractivity contribution in [3.8, 4) is 11.8 Å². The minimum atomic E-state index is -0.321. The number of ether oxygens (including phenoxy) is 1. The van der Waals surface area contributed by atoms with Crippen molar-refractivity contribution in [1.29, 1.82) is 5.26 Å². The summed E-state index contributed by atoms with van der Waals surface area (Å²) in [7, 11) is 1.57.